The number of hydrogen-bond acceptors (Lipinski definition) is 7. The van der Waals surface area contributed by atoms with Gasteiger partial charge in [0.25, 0.3) is 0 Å². The van der Waals surface area contributed by atoms with Gasteiger partial charge >= 0.3 is 7.32 Å². The lowest BCUT2D eigenvalue weighted by atomic mass is 9.81. The first-order chi connectivity index (χ1) is 15.8. The summed E-state index contributed by atoms with van der Waals surface area (Å²) in [7, 11) is -2.17. The van der Waals surface area contributed by atoms with E-state index in [2.05, 4.69) is 0 Å². The van der Waals surface area contributed by atoms with Crippen LogP contribution >= 0.6 is 0 Å². The highest BCUT2D eigenvalue weighted by molar-refractivity contribution is 6.30. The van der Waals surface area contributed by atoms with Crippen LogP contribution in [0, 0.1) is 0 Å². The Balaban J connectivity index is 0.000000593. The van der Waals surface area contributed by atoms with Crippen molar-refractivity contribution >= 4 is 7.32 Å². The number of phenols is 4. The monoisotopic (exact) mass is 506 g/mol. The van der Waals surface area contributed by atoms with Crippen molar-refractivity contribution in [2.45, 2.75) is 105 Å². The maximum atomic E-state index is 10.0. The molecule has 0 saturated carbocycles. The lowest BCUT2D eigenvalue weighted by molar-refractivity contribution is 0.278. The van der Waals surface area contributed by atoms with Crippen LogP contribution in [-0.4, -0.2) is 42.8 Å². The lowest BCUT2D eigenvalue weighted by Crippen LogP contribution is -2.15. The van der Waals surface area contributed by atoms with E-state index >= 15 is 0 Å². The van der Waals surface area contributed by atoms with Crippen molar-refractivity contribution in [2.24, 2.45) is 0 Å². The van der Waals surface area contributed by atoms with Crippen molar-refractivity contribution in [3.8, 4) is 23.0 Å². The van der Waals surface area contributed by atoms with Gasteiger partial charge in [-0.05, 0) is 21.7 Å². The van der Waals surface area contributed by atoms with E-state index in [-0.39, 0.29) is 44.7 Å². The molecule has 2 rings (SSSR count). The van der Waals surface area contributed by atoms with E-state index in [0.29, 0.717) is 0 Å². The van der Waals surface area contributed by atoms with Gasteiger partial charge in [-0.1, -0.05) is 107 Å². The summed E-state index contributed by atoms with van der Waals surface area (Å²) < 4.78 is 0. The smallest absolute Gasteiger partial charge is 0.504 e. The quantitative estimate of drug-likeness (QED) is 0.189. The van der Waals surface area contributed by atoms with E-state index in [1.807, 2.05) is 107 Å². The van der Waals surface area contributed by atoms with E-state index in [0.717, 1.165) is 22.3 Å². The third-order valence-electron chi connectivity index (χ3n) is 5.53. The molecule has 0 heterocycles. The second-order valence-corrected chi connectivity index (χ2v) is 13.1. The summed E-state index contributed by atoms with van der Waals surface area (Å²) in [6.07, 6.45) is 0. The van der Waals surface area contributed by atoms with Gasteiger partial charge in [0, 0.05) is 22.3 Å². The van der Waals surface area contributed by atoms with Gasteiger partial charge in [0.15, 0.2) is 23.0 Å². The molecule has 7 N–H and O–H groups in total. The zero-order valence-electron chi connectivity index (χ0n) is 24.0. The van der Waals surface area contributed by atoms with Crippen LogP contribution in [0.5, 0.6) is 23.0 Å². The van der Waals surface area contributed by atoms with Crippen molar-refractivity contribution in [1.29, 1.82) is 0 Å². The SMILES string of the molecule is CC(C)(C)c1ccc(C(C)(C)C)c(O)c1O.CC(C)(C)c1ccc(C(C)(C)C)c(O)c1O.OB(O)O. The topological polar surface area (TPSA) is 142 Å². The Morgan fingerprint density at radius 1 is 0.389 bits per heavy atom. The molecule has 7 nitrogen and oxygen atoms in total. The Labute approximate surface area is 217 Å². The highest BCUT2D eigenvalue weighted by atomic mass is 16.5. The Kier molecular flexibility index (Phi) is 11.0. The van der Waals surface area contributed by atoms with Crippen LogP contribution in [0.2, 0.25) is 0 Å². The molecule has 0 aromatic heterocycles. The minimum absolute atomic E-state index is 0.0138. The van der Waals surface area contributed by atoms with Crippen molar-refractivity contribution in [3.05, 3.63) is 46.5 Å². The molecule has 0 saturated heterocycles. The molecular weight excluding hydrogens is 459 g/mol. The molecular formula is C28H47BO7. The molecule has 2 aromatic carbocycles. The summed E-state index contributed by atoms with van der Waals surface area (Å²) in [5.74, 6) is 0.0553. The van der Waals surface area contributed by atoms with Crippen LogP contribution in [0.3, 0.4) is 0 Å². The van der Waals surface area contributed by atoms with Crippen LogP contribution in [0.4, 0.5) is 0 Å². The van der Waals surface area contributed by atoms with E-state index in [4.69, 9.17) is 15.1 Å². The molecule has 2 aromatic rings. The standard InChI is InChI=1S/2C14H22O2.BH3O3/c2*1-13(2,3)9-7-8-10(14(4,5)6)12(16)11(9)15;2-1(3)4/h2*7-8,15-16H,1-6H3;2-4H. The maximum absolute atomic E-state index is 10.0. The summed E-state index contributed by atoms with van der Waals surface area (Å²) in [6, 6.07) is 7.59. The minimum atomic E-state index is -2.17. The summed E-state index contributed by atoms with van der Waals surface area (Å²) in [6.45, 7) is 24.1. The summed E-state index contributed by atoms with van der Waals surface area (Å²) >= 11 is 0. The highest BCUT2D eigenvalue weighted by Gasteiger charge is 2.27. The first kappa shape index (κ1) is 33.6. The molecule has 0 fully saturated rings. The van der Waals surface area contributed by atoms with E-state index in [1.54, 1.807) is 0 Å². The third-order valence-corrected chi connectivity index (χ3v) is 5.53. The van der Waals surface area contributed by atoms with Crippen LogP contribution in [0.1, 0.15) is 105 Å². The van der Waals surface area contributed by atoms with Crippen molar-refractivity contribution < 1.29 is 35.5 Å². The van der Waals surface area contributed by atoms with Crippen LogP contribution in [0.15, 0.2) is 24.3 Å². The number of rotatable bonds is 0. The molecule has 0 aliphatic heterocycles. The summed E-state index contributed by atoms with van der Waals surface area (Å²) in [5, 5.41) is 61.6. The van der Waals surface area contributed by atoms with Crippen molar-refractivity contribution in [1.82, 2.24) is 0 Å². The predicted octanol–water partition coefficient (Wildman–Crippen LogP) is 5.33. The zero-order chi connectivity index (χ0) is 29.0. The largest absolute Gasteiger partial charge is 0.631 e. The first-order valence-electron chi connectivity index (χ1n) is 12.0. The van der Waals surface area contributed by atoms with Crippen LogP contribution in [0.25, 0.3) is 0 Å². The summed E-state index contributed by atoms with van der Waals surface area (Å²) in [5.41, 5.74) is 2.43. The van der Waals surface area contributed by atoms with Crippen molar-refractivity contribution in [2.75, 3.05) is 0 Å². The number of phenolic OH excluding ortho intramolecular Hbond substituents is 4. The average molecular weight is 506 g/mol. The number of aromatic hydroxyl groups is 4. The Morgan fingerprint density at radius 3 is 0.583 bits per heavy atom. The van der Waals surface area contributed by atoms with Gasteiger partial charge in [0.05, 0.1) is 0 Å². The fourth-order valence-electron chi connectivity index (χ4n) is 3.58. The van der Waals surface area contributed by atoms with Gasteiger partial charge in [-0.2, -0.15) is 0 Å². The highest BCUT2D eigenvalue weighted by Crippen LogP contribution is 2.44. The molecule has 0 bridgehead atoms. The molecule has 0 radical (unpaired) electrons. The predicted molar refractivity (Wildman–Crippen MR) is 147 cm³/mol. The molecule has 36 heavy (non-hydrogen) atoms. The number of benzene rings is 2. The second-order valence-electron chi connectivity index (χ2n) is 13.1. The number of hydrogen-bond donors (Lipinski definition) is 7. The molecule has 0 amide bonds. The fourth-order valence-corrected chi connectivity index (χ4v) is 3.58. The van der Waals surface area contributed by atoms with Crippen molar-refractivity contribution in [3.63, 3.8) is 0 Å². The molecule has 8 heteroatoms. The van der Waals surface area contributed by atoms with Crippen LogP contribution in [-0.2, 0) is 21.7 Å². The molecule has 0 spiro atoms. The van der Waals surface area contributed by atoms with E-state index in [1.165, 1.54) is 0 Å². The molecule has 0 aliphatic rings. The summed E-state index contributed by atoms with van der Waals surface area (Å²) in [4.78, 5) is 0. The maximum Gasteiger partial charge on any atom is 0.631 e. The van der Waals surface area contributed by atoms with Gasteiger partial charge < -0.3 is 35.5 Å². The molecule has 204 valence electrons. The zero-order valence-corrected chi connectivity index (χ0v) is 24.0. The average Bonchev–Trinajstić information content (AvgIpc) is 2.62. The molecule has 0 atom stereocenters. The Hall–Kier alpha value is -2.42. The first-order valence-corrected chi connectivity index (χ1v) is 12.0. The molecule has 0 unspecified atom stereocenters. The van der Waals surface area contributed by atoms with Gasteiger partial charge in [0.1, 0.15) is 0 Å². The van der Waals surface area contributed by atoms with E-state index < -0.39 is 7.32 Å². The van der Waals surface area contributed by atoms with Gasteiger partial charge in [-0.15, -0.1) is 0 Å². The van der Waals surface area contributed by atoms with Gasteiger partial charge in [-0.25, -0.2) is 0 Å². The Morgan fingerprint density at radius 2 is 0.500 bits per heavy atom. The third kappa shape index (κ3) is 9.56. The second kappa shape index (κ2) is 11.8. The van der Waals surface area contributed by atoms with Crippen LogP contribution < -0.4 is 0 Å². The fraction of sp³-hybridized carbons (Fsp3) is 0.571. The van der Waals surface area contributed by atoms with Gasteiger partial charge in [-0.3, -0.25) is 0 Å². The Bertz CT molecular complexity index is 843. The minimum Gasteiger partial charge on any atom is -0.504 e. The molecule has 0 aliphatic carbocycles. The van der Waals surface area contributed by atoms with Gasteiger partial charge in [0.2, 0.25) is 0 Å². The van der Waals surface area contributed by atoms with E-state index in [9.17, 15) is 20.4 Å². The lowest BCUT2D eigenvalue weighted by Gasteiger charge is -2.26. The normalized spacial score (nSPS) is 12.2.